The number of anilines is 1. The molecule has 0 aromatic heterocycles. The van der Waals surface area contributed by atoms with Gasteiger partial charge in [-0.3, -0.25) is 0 Å². The van der Waals surface area contributed by atoms with E-state index in [1.807, 2.05) is 12.1 Å². The van der Waals surface area contributed by atoms with Crippen molar-refractivity contribution in [2.24, 2.45) is 0 Å². The first kappa shape index (κ1) is 12.5. The Hall–Kier alpha value is -1.54. The molecule has 1 heterocycles. The zero-order valence-electron chi connectivity index (χ0n) is 10.5. The number of benzene rings is 2. The number of rotatable bonds is 2. The first-order valence-corrected chi connectivity index (χ1v) is 6.87. The van der Waals surface area contributed by atoms with Crippen LogP contribution in [0.25, 0.3) is 0 Å². The molecule has 0 saturated carbocycles. The van der Waals surface area contributed by atoms with Gasteiger partial charge in [0.05, 0.1) is 5.02 Å². The second-order valence-corrected chi connectivity index (χ2v) is 5.35. The van der Waals surface area contributed by atoms with E-state index >= 15 is 0 Å². The molecular formula is C16H15ClFN. The Balaban J connectivity index is 1.77. The highest BCUT2D eigenvalue weighted by Gasteiger charge is 2.24. The van der Waals surface area contributed by atoms with Crippen molar-refractivity contribution in [3.63, 3.8) is 0 Å². The van der Waals surface area contributed by atoms with Crippen LogP contribution in [-0.4, -0.2) is 13.1 Å². The summed E-state index contributed by atoms with van der Waals surface area (Å²) < 4.78 is 13.2. The Labute approximate surface area is 117 Å². The topological polar surface area (TPSA) is 3.24 Å². The lowest BCUT2D eigenvalue weighted by Gasteiger charge is -2.18. The third-order valence-corrected chi connectivity index (χ3v) is 4.01. The van der Waals surface area contributed by atoms with E-state index in [1.54, 1.807) is 6.07 Å². The number of hydrogen-bond donors (Lipinski definition) is 0. The van der Waals surface area contributed by atoms with Crippen molar-refractivity contribution < 1.29 is 4.39 Å². The van der Waals surface area contributed by atoms with Crippen molar-refractivity contribution >= 4 is 17.3 Å². The van der Waals surface area contributed by atoms with E-state index in [0.29, 0.717) is 5.92 Å². The zero-order chi connectivity index (χ0) is 13.2. The molecule has 0 aliphatic carbocycles. The number of hydrogen-bond acceptors (Lipinski definition) is 1. The minimum atomic E-state index is -0.344. The lowest BCUT2D eigenvalue weighted by Crippen LogP contribution is -2.18. The Morgan fingerprint density at radius 1 is 1.11 bits per heavy atom. The van der Waals surface area contributed by atoms with Crippen LogP contribution in [0.3, 0.4) is 0 Å². The zero-order valence-corrected chi connectivity index (χ0v) is 11.3. The van der Waals surface area contributed by atoms with Gasteiger partial charge in [0.2, 0.25) is 0 Å². The van der Waals surface area contributed by atoms with Crippen molar-refractivity contribution in [3.8, 4) is 0 Å². The fourth-order valence-electron chi connectivity index (χ4n) is 2.67. The molecule has 1 aliphatic heterocycles. The molecule has 1 aliphatic rings. The number of nitrogens with zero attached hydrogens (tertiary/aromatic N) is 1. The molecule has 0 spiro atoms. The average molecular weight is 276 g/mol. The summed E-state index contributed by atoms with van der Waals surface area (Å²) in [7, 11) is 0. The summed E-state index contributed by atoms with van der Waals surface area (Å²) in [5, 5.41) is 0.218. The first-order chi connectivity index (χ1) is 9.24. The monoisotopic (exact) mass is 275 g/mol. The number of halogens is 2. The van der Waals surface area contributed by atoms with Gasteiger partial charge in [-0.2, -0.15) is 0 Å². The van der Waals surface area contributed by atoms with Gasteiger partial charge >= 0.3 is 0 Å². The standard InChI is InChI=1S/C16H15ClFN/c17-15-10-12(6-7-16(15)18)13-8-9-19(11-13)14-4-2-1-3-5-14/h1-7,10,13H,8-9,11H2. The Kier molecular flexibility index (Phi) is 3.43. The van der Waals surface area contributed by atoms with Crippen LogP contribution in [0.1, 0.15) is 17.9 Å². The molecule has 3 rings (SSSR count). The Morgan fingerprint density at radius 3 is 2.63 bits per heavy atom. The summed E-state index contributed by atoms with van der Waals surface area (Å²) in [5.74, 6) is 0.0848. The van der Waals surface area contributed by atoms with Crippen LogP contribution in [-0.2, 0) is 0 Å². The molecule has 19 heavy (non-hydrogen) atoms. The maximum atomic E-state index is 13.2. The minimum Gasteiger partial charge on any atom is -0.371 e. The van der Waals surface area contributed by atoms with E-state index in [9.17, 15) is 4.39 Å². The van der Waals surface area contributed by atoms with Crippen LogP contribution in [0, 0.1) is 5.82 Å². The van der Waals surface area contributed by atoms with Crippen LogP contribution >= 0.6 is 11.6 Å². The smallest absolute Gasteiger partial charge is 0.141 e. The first-order valence-electron chi connectivity index (χ1n) is 6.49. The van der Waals surface area contributed by atoms with E-state index in [2.05, 4.69) is 29.2 Å². The fraction of sp³-hybridized carbons (Fsp3) is 0.250. The van der Waals surface area contributed by atoms with E-state index < -0.39 is 0 Å². The van der Waals surface area contributed by atoms with Crippen molar-refractivity contribution in [1.29, 1.82) is 0 Å². The molecule has 1 saturated heterocycles. The summed E-state index contributed by atoms with van der Waals surface area (Å²) in [6.07, 6.45) is 1.08. The van der Waals surface area contributed by atoms with Gasteiger partial charge in [0, 0.05) is 24.7 Å². The highest BCUT2D eigenvalue weighted by molar-refractivity contribution is 6.30. The van der Waals surface area contributed by atoms with Gasteiger partial charge < -0.3 is 4.90 Å². The Bertz CT molecular complexity index is 570. The normalized spacial score (nSPS) is 18.8. The molecule has 0 amide bonds. The second kappa shape index (κ2) is 5.22. The minimum absolute atomic E-state index is 0.218. The van der Waals surface area contributed by atoms with Crippen LogP contribution in [0.2, 0.25) is 5.02 Å². The third kappa shape index (κ3) is 2.59. The molecule has 1 nitrogen and oxygen atoms in total. The molecule has 1 atom stereocenters. The Morgan fingerprint density at radius 2 is 1.89 bits per heavy atom. The average Bonchev–Trinajstić information content (AvgIpc) is 2.93. The summed E-state index contributed by atoms with van der Waals surface area (Å²) in [4.78, 5) is 2.36. The second-order valence-electron chi connectivity index (χ2n) is 4.94. The summed E-state index contributed by atoms with van der Waals surface area (Å²) in [6.45, 7) is 2.00. The molecule has 0 bridgehead atoms. The van der Waals surface area contributed by atoms with Crippen molar-refractivity contribution in [2.45, 2.75) is 12.3 Å². The number of para-hydroxylation sites is 1. The maximum absolute atomic E-state index is 13.2. The lowest BCUT2D eigenvalue weighted by molar-refractivity contribution is 0.626. The highest BCUT2D eigenvalue weighted by Crippen LogP contribution is 2.32. The van der Waals surface area contributed by atoms with Gasteiger partial charge in [-0.05, 0) is 36.2 Å². The maximum Gasteiger partial charge on any atom is 0.141 e. The van der Waals surface area contributed by atoms with Crippen molar-refractivity contribution in [1.82, 2.24) is 0 Å². The van der Waals surface area contributed by atoms with Gasteiger partial charge in [-0.15, -0.1) is 0 Å². The van der Waals surface area contributed by atoms with E-state index in [1.165, 1.54) is 11.8 Å². The molecule has 2 aromatic carbocycles. The molecular weight excluding hydrogens is 261 g/mol. The van der Waals surface area contributed by atoms with Gasteiger partial charge in [-0.1, -0.05) is 35.9 Å². The van der Waals surface area contributed by atoms with Crippen molar-refractivity contribution in [3.05, 3.63) is 64.9 Å². The third-order valence-electron chi connectivity index (χ3n) is 3.72. The fourth-order valence-corrected chi connectivity index (χ4v) is 2.86. The predicted molar refractivity (Wildman–Crippen MR) is 77.4 cm³/mol. The summed E-state index contributed by atoms with van der Waals surface area (Å²) in [6, 6.07) is 15.4. The molecule has 0 radical (unpaired) electrons. The SMILES string of the molecule is Fc1ccc(C2CCN(c3ccccc3)C2)cc1Cl. The van der Waals surface area contributed by atoms with Crippen LogP contribution in [0.15, 0.2) is 48.5 Å². The largest absolute Gasteiger partial charge is 0.371 e. The van der Waals surface area contributed by atoms with Gasteiger partial charge in [-0.25, -0.2) is 4.39 Å². The van der Waals surface area contributed by atoms with Crippen molar-refractivity contribution in [2.75, 3.05) is 18.0 Å². The van der Waals surface area contributed by atoms with Gasteiger partial charge in [0.1, 0.15) is 5.82 Å². The quantitative estimate of drug-likeness (QED) is 0.781. The predicted octanol–water partition coefficient (Wildman–Crippen LogP) is 4.47. The van der Waals surface area contributed by atoms with Gasteiger partial charge in [0.15, 0.2) is 0 Å². The van der Waals surface area contributed by atoms with Crippen LogP contribution in [0.4, 0.5) is 10.1 Å². The summed E-state index contributed by atoms with van der Waals surface area (Å²) >= 11 is 5.86. The molecule has 1 unspecified atom stereocenters. The molecule has 3 heteroatoms. The van der Waals surface area contributed by atoms with E-state index in [4.69, 9.17) is 11.6 Å². The van der Waals surface area contributed by atoms with E-state index in [-0.39, 0.29) is 10.8 Å². The lowest BCUT2D eigenvalue weighted by atomic mass is 9.98. The summed E-state index contributed by atoms with van der Waals surface area (Å²) in [5.41, 5.74) is 2.38. The molecule has 98 valence electrons. The highest BCUT2D eigenvalue weighted by atomic mass is 35.5. The van der Waals surface area contributed by atoms with Crippen LogP contribution in [0.5, 0.6) is 0 Å². The molecule has 2 aromatic rings. The van der Waals surface area contributed by atoms with Gasteiger partial charge in [0.25, 0.3) is 0 Å². The molecule has 0 N–H and O–H groups in total. The molecule has 1 fully saturated rings. The van der Waals surface area contributed by atoms with Crippen LogP contribution < -0.4 is 4.90 Å². The van der Waals surface area contributed by atoms with E-state index in [0.717, 1.165) is 25.1 Å².